The number of para-hydroxylation sites is 1. The molecule has 150 valence electrons. The largest absolute Gasteiger partial charge is 0.331 e. The van der Waals surface area contributed by atoms with Gasteiger partial charge in [-0.05, 0) is 29.7 Å². The van der Waals surface area contributed by atoms with Gasteiger partial charge >= 0.3 is 0 Å². The first-order valence-electron chi connectivity index (χ1n) is 9.19. The van der Waals surface area contributed by atoms with E-state index >= 15 is 0 Å². The second-order valence-corrected chi connectivity index (χ2v) is 7.12. The highest BCUT2D eigenvalue weighted by Crippen LogP contribution is 2.24. The summed E-state index contributed by atoms with van der Waals surface area (Å²) in [5.74, 6) is -2.77. The van der Waals surface area contributed by atoms with Gasteiger partial charge in [0.1, 0.15) is 11.6 Å². The number of carbonyl (C=O) groups is 1. The van der Waals surface area contributed by atoms with E-state index in [9.17, 15) is 18.0 Å². The molecule has 3 aromatic rings. The standard InChI is InChI=1S/C21H19F3N4O/c22-16-10-18(24)17(23)8-14(16)7-15(25)9-21(29)27-11-13-3-1-2-4-19(13)28-6-5-26-20(28)12-27/h1-6,8,10,15H,7,9,11-12,25H2/t15-/m1/s1. The summed E-state index contributed by atoms with van der Waals surface area (Å²) in [6.07, 6.45) is 3.40. The Balaban J connectivity index is 1.50. The fourth-order valence-corrected chi connectivity index (χ4v) is 3.59. The Morgan fingerprint density at radius 1 is 1.10 bits per heavy atom. The molecule has 1 aliphatic rings. The predicted molar refractivity (Wildman–Crippen MR) is 100 cm³/mol. The number of imidazole rings is 1. The van der Waals surface area contributed by atoms with Crippen LogP contribution in [0.1, 0.15) is 23.4 Å². The van der Waals surface area contributed by atoms with Crippen LogP contribution >= 0.6 is 0 Å². The normalized spacial score (nSPS) is 14.1. The van der Waals surface area contributed by atoms with Crippen molar-refractivity contribution >= 4 is 5.91 Å². The summed E-state index contributed by atoms with van der Waals surface area (Å²) in [5, 5.41) is 0. The zero-order valence-corrected chi connectivity index (χ0v) is 15.5. The number of hydrogen-bond donors (Lipinski definition) is 1. The van der Waals surface area contributed by atoms with Crippen LogP contribution < -0.4 is 5.73 Å². The molecule has 0 saturated heterocycles. The molecule has 0 aliphatic carbocycles. The molecule has 2 N–H and O–H groups in total. The van der Waals surface area contributed by atoms with E-state index in [2.05, 4.69) is 4.98 Å². The van der Waals surface area contributed by atoms with Crippen molar-refractivity contribution in [2.45, 2.75) is 32.0 Å². The molecule has 2 aromatic carbocycles. The highest BCUT2D eigenvalue weighted by Gasteiger charge is 2.25. The lowest BCUT2D eigenvalue weighted by molar-refractivity contribution is -0.132. The second kappa shape index (κ2) is 7.71. The molecular weight excluding hydrogens is 381 g/mol. The number of halogens is 3. The van der Waals surface area contributed by atoms with Gasteiger partial charge < -0.3 is 15.2 Å². The third-order valence-corrected chi connectivity index (χ3v) is 5.02. The third-order valence-electron chi connectivity index (χ3n) is 5.02. The molecule has 0 unspecified atom stereocenters. The minimum Gasteiger partial charge on any atom is -0.331 e. The van der Waals surface area contributed by atoms with Crippen LogP contribution in [-0.2, 0) is 24.3 Å². The lowest BCUT2D eigenvalue weighted by Gasteiger charge is -2.22. The van der Waals surface area contributed by atoms with Gasteiger partial charge in [-0.15, -0.1) is 0 Å². The second-order valence-electron chi connectivity index (χ2n) is 7.12. The molecule has 1 amide bonds. The van der Waals surface area contributed by atoms with E-state index in [-0.39, 0.29) is 24.3 Å². The lowest BCUT2D eigenvalue weighted by atomic mass is 10.0. The molecule has 5 nitrogen and oxygen atoms in total. The Kier molecular flexibility index (Phi) is 5.10. The topological polar surface area (TPSA) is 64.2 Å². The molecule has 1 atom stereocenters. The minimum atomic E-state index is -1.25. The van der Waals surface area contributed by atoms with Gasteiger partial charge in [0.15, 0.2) is 11.6 Å². The van der Waals surface area contributed by atoms with Crippen LogP contribution in [0.3, 0.4) is 0 Å². The van der Waals surface area contributed by atoms with Crippen LogP contribution in [0.5, 0.6) is 0 Å². The molecule has 0 radical (unpaired) electrons. The summed E-state index contributed by atoms with van der Waals surface area (Å²) in [6, 6.07) is 8.28. The summed E-state index contributed by atoms with van der Waals surface area (Å²) >= 11 is 0. The van der Waals surface area contributed by atoms with Gasteiger partial charge in [-0.2, -0.15) is 0 Å². The number of nitrogens with zero attached hydrogens (tertiary/aromatic N) is 3. The van der Waals surface area contributed by atoms with Crippen molar-refractivity contribution in [3.05, 3.63) is 83.2 Å². The van der Waals surface area contributed by atoms with Gasteiger partial charge in [0.25, 0.3) is 0 Å². The van der Waals surface area contributed by atoms with E-state index in [4.69, 9.17) is 5.73 Å². The smallest absolute Gasteiger partial charge is 0.224 e. The summed E-state index contributed by atoms with van der Waals surface area (Å²) < 4.78 is 42.3. The van der Waals surface area contributed by atoms with Gasteiger partial charge in [0, 0.05) is 37.5 Å². The van der Waals surface area contributed by atoms with Crippen molar-refractivity contribution < 1.29 is 18.0 Å². The van der Waals surface area contributed by atoms with Crippen LogP contribution in [-0.4, -0.2) is 26.4 Å². The van der Waals surface area contributed by atoms with Crippen molar-refractivity contribution in [3.8, 4) is 5.69 Å². The van der Waals surface area contributed by atoms with Crippen molar-refractivity contribution in [2.24, 2.45) is 5.73 Å². The maximum atomic E-state index is 13.9. The van der Waals surface area contributed by atoms with Gasteiger partial charge in [-0.25, -0.2) is 18.2 Å². The summed E-state index contributed by atoms with van der Waals surface area (Å²) in [6.45, 7) is 0.706. The Hall–Kier alpha value is -3.13. The van der Waals surface area contributed by atoms with E-state index in [0.29, 0.717) is 19.2 Å². The molecule has 4 rings (SSSR count). The Morgan fingerprint density at radius 3 is 2.69 bits per heavy atom. The van der Waals surface area contributed by atoms with Crippen LogP contribution in [0.4, 0.5) is 13.2 Å². The number of fused-ring (bicyclic) bond motifs is 3. The van der Waals surface area contributed by atoms with E-state index in [1.165, 1.54) is 0 Å². The maximum Gasteiger partial charge on any atom is 0.224 e. The average molecular weight is 400 g/mol. The molecule has 1 aliphatic heterocycles. The Morgan fingerprint density at radius 2 is 1.86 bits per heavy atom. The third kappa shape index (κ3) is 3.88. The fourth-order valence-electron chi connectivity index (χ4n) is 3.59. The molecule has 8 heteroatoms. The quantitative estimate of drug-likeness (QED) is 0.685. The monoisotopic (exact) mass is 400 g/mol. The molecule has 0 saturated carbocycles. The number of hydrogen-bond acceptors (Lipinski definition) is 3. The average Bonchev–Trinajstić information content (AvgIpc) is 3.07. The Labute approximate surface area is 165 Å². The first-order valence-corrected chi connectivity index (χ1v) is 9.19. The SMILES string of the molecule is N[C@@H](CC(=O)N1Cc2ccccc2-n2ccnc2C1)Cc1cc(F)c(F)cc1F. The predicted octanol–water partition coefficient (Wildman–Crippen LogP) is 3.09. The minimum absolute atomic E-state index is 0.0543. The van der Waals surface area contributed by atoms with E-state index in [1.54, 1.807) is 11.1 Å². The number of aromatic nitrogens is 2. The van der Waals surface area contributed by atoms with Crippen molar-refractivity contribution in [3.63, 3.8) is 0 Å². The molecular formula is C21H19F3N4O. The van der Waals surface area contributed by atoms with E-state index < -0.39 is 23.5 Å². The molecule has 29 heavy (non-hydrogen) atoms. The number of amides is 1. The highest BCUT2D eigenvalue weighted by atomic mass is 19.2. The first kappa shape index (κ1) is 19.2. The lowest BCUT2D eigenvalue weighted by Crippen LogP contribution is -2.36. The van der Waals surface area contributed by atoms with E-state index in [1.807, 2.05) is 35.0 Å². The number of carbonyl (C=O) groups excluding carboxylic acids is 1. The van der Waals surface area contributed by atoms with Gasteiger partial charge in [-0.3, -0.25) is 4.79 Å². The summed E-state index contributed by atoms with van der Waals surface area (Å²) in [4.78, 5) is 18.9. The molecule has 0 spiro atoms. The summed E-state index contributed by atoms with van der Waals surface area (Å²) in [7, 11) is 0. The van der Waals surface area contributed by atoms with Gasteiger partial charge in [-0.1, -0.05) is 18.2 Å². The van der Waals surface area contributed by atoms with Gasteiger partial charge in [0.2, 0.25) is 5.91 Å². The molecule has 0 bridgehead atoms. The van der Waals surface area contributed by atoms with Crippen LogP contribution in [0, 0.1) is 17.5 Å². The van der Waals surface area contributed by atoms with Crippen LogP contribution in [0.15, 0.2) is 48.8 Å². The van der Waals surface area contributed by atoms with Crippen molar-refractivity contribution in [1.29, 1.82) is 0 Å². The van der Waals surface area contributed by atoms with E-state index in [0.717, 1.165) is 23.1 Å². The zero-order valence-electron chi connectivity index (χ0n) is 15.5. The molecule has 2 heterocycles. The Bertz CT molecular complexity index is 1070. The fraction of sp³-hybridized carbons (Fsp3) is 0.238. The summed E-state index contributed by atoms with van der Waals surface area (Å²) in [5.41, 5.74) is 7.90. The highest BCUT2D eigenvalue weighted by molar-refractivity contribution is 5.77. The van der Waals surface area contributed by atoms with Crippen molar-refractivity contribution in [2.75, 3.05) is 0 Å². The van der Waals surface area contributed by atoms with Crippen molar-refractivity contribution in [1.82, 2.24) is 14.5 Å². The zero-order chi connectivity index (χ0) is 20.5. The van der Waals surface area contributed by atoms with Crippen LogP contribution in [0.2, 0.25) is 0 Å². The number of nitrogens with two attached hydrogens (primary N) is 1. The number of rotatable bonds is 4. The van der Waals surface area contributed by atoms with Crippen LogP contribution in [0.25, 0.3) is 5.69 Å². The molecule has 1 aromatic heterocycles. The maximum absolute atomic E-state index is 13.9. The number of benzene rings is 2. The first-order chi connectivity index (χ1) is 13.9. The molecule has 0 fully saturated rings. The van der Waals surface area contributed by atoms with Gasteiger partial charge in [0.05, 0.1) is 12.2 Å².